The first-order chi connectivity index (χ1) is 5.77. The van der Waals surface area contributed by atoms with Gasteiger partial charge < -0.3 is 5.32 Å². The standard InChI is InChI=1S/C10H16N2/c1-4-8(2)9-5-6-10(11-3)12-7-9/h5-8H,4H2,1-3H3,(H,11,12). The summed E-state index contributed by atoms with van der Waals surface area (Å²) in [7, 11) is 1.88. The molecule has 0 aromatic carbocycles. The van der Waals surface area contributed by atoms with Gasteiger partial charge in [-0.1, -0.05) is 19.9 Å². The molecule has 0 aliphatic heterocycles. The van der Waals surface area contributed by atoms with Crippen LogP contribution < -0.4 is 5.32 Å². The van der Waals surface area contributed by atoms with Crippen molar-refractivity contribution in [3.63, 3.8) is 0 Å². The molecule has 0 saturated heterocycles. The van der Waals surface area contributed by atoms with Gasteiger partial charge in [-0.15, -0.1) is 0 Å². The predicted molar refractivity (Wildman–Crippen MR) is 52.5 cm³/mol. The van der Waals surface area contributed by atoms with Gasteiger partial charge in [0.25, 0.3) is 0 Å². The molecule has 1 rings (SSSR count). The van der Waals surface area contributed by atoms with Crippen molar-refractivity contribution < 1.29 is 0 Å². The second-order valence-electron chi connectivity index (χ2n) is 3.04. The number of rotatable bonds is 3. The maximum Gasteiger partial charge on any atom is 0.125 e. The Hall–Kier alpha value is -1.05. The Morgan fingerprint density at radius 2 is 2.25 bits per heavy atom. The van der Waals surface area contributed by atoms with Crippen molar-refractivity contribution in [3.8, 4) is 0 Å². The summed E-state index contributed by atoms with van der Waals surface area (Å²) in [6.07, 6.45) is 3.11. The number of hydrogen-bond donors (Lipinski definition) is 1. The lowest BCUT2D eigenvalue weighted by Gasteiger charge is -2.08. The molecule has 1 aromatic heterocycles. The molecule has 0 radical (unpaired) electrons. The van der Waals surface area contributed by atoms with Crippen LogP contribution in [0.15, 0.2) is 18.3 Å². The molecule has 0 spiro atoms. The van der Waals surface area contributed by atoms with Crippen LogP contribution in [0, 0.1) is 0 Å². The highest BCUT2D eigenvalue weighted by Crippen LogP contribution is 2.18. The third-order valence-corrected chi connectivity index (χ3v) is 2.22. The van der Waals surface area contributed by atoms with Gasteiger partial charge in [-0.05, 0) is 24.0 Å². The van der Waals surface area contributed by atoms with Crippen LogP contribution in [-0.4, -0.2) is 12.0 Å². The van der Waals surface area contributed by atoms with Gasteiger partial charge in [-0.25, -0.2) is 4.98 Å². The van der Waals surface area contributed by atoms with E-state index in [9.17, 15) is 0 Å². The van der Waals surface area contributed by atoms with Gasteiger partial charge in [0.05, 0.1) is 0 Å². The van der Waals surface area contributed by atoms with E-state index in [2.05, 4.69) is 30.2 Å². The van der Waals surface area contributed by atoms with E-state index in [1.807, 2.05) is 19.3 Å². The van der Waals surface area contributed by atoms with Gasteiger partial charge in [-0.2, -0.15) is 0 Å². The van der Waals surface area contributed by atoms with Crippen LogP contribution in [0.25, 0.3) is 0 Å². The van der Waals surface area contributed by atoms with Gasteiger partial charge >= 0.3 is 0 Å². The Balaban J connectivity index is 2.77. The lowest BCUT2D eigenvalue weighted by molar-refractivity contribution is 0.730. The van der Waals surface area contributed by atoms with Crippen molar-refractivity contribution in [1.82, 2.24) is 4.98 Å². The maximum atomic E-state index is 4.26. The Labute approximate surface area is 74.0 Å². The van der Waals surface area contributed by atoms with Crippen molar-refractivity contribution in [2.45, 2.75) is 26.2 Å². The minimum absolute atomic E-state index is 0.614. The first-order valence-corrected chi connectivity index (χ1v) is 4.41. The van der Waals surface area contributed by atoms with Crippen LogP contribution >= 0.6 is 0 Å². The lowest BCUT2D eigenvalue weighted by Crippen LogP contribution is -1.95. The van der Waals surface area contributed by atoms with Gasteiger partial charge in [0, 0.05) is 13.2 Å². The zero-order chi connectivity index (χ0) is 8.97. The summed E-state index contributed by atoms with van der Waals surface area (Å²) in [4.78, 5) is 4.26. The summed E-state index contributed by atoms with van der Waals surface area (Å²) in [5.41, 5.74) is 1.32. The summed E-state index contributed by atoms with van der Waals surface area (Å²) in [6.45, 7) is 4.41. The Morgan fingerprint density at radius 1 is 1.50 bits per heavy atom. The monoisotopic (exact) mass is 164 g/mol. The van der Waals surface area contributed by atoms with E-state index in [1.54, 1.807) is 0 Å². The minimum atomic E-state index is 0.614. The van der Waals surface area contributed by atoms with Crippen LogP contribution in [0.2, 0.25) is 0 Å². The first-order valence-electron chi connectivity index (χ1n) is 4.41. The van der Waals surface area contributed by atoms with Crippen molar-refractivity contribution in [2.24, 2.45) is 0 Å². The van der Waals surface area contributed by atoms with Crippen molar-refractivity contribution >= 4 is 5.82 Å². The molecule has 0 fully saturated rings. The van der Waals surface area contributed by atoms with E-state index in [-0.39, 0.29) is 0 Å². The normalized spacial score (nSPS) is 12.6. The van der Waals surface area contributed by atoms with Crippen molar-refractivity contribution in [1.29, 1.82) is 0 Å². The lowest BCUT2D eigenvalue weighted by atomic mass is 10.0. The summed E-state index contributed by atoms with van der Waals surface area (Å²) in [5, 5.41) is 3.00. The third kappa shape index (κ3) is 1.97. The average Bonchev–Trinajstić information content (AvgIpc) is 2.17. The van der Waals surface area contributed by atoms with Crippen molar-refractivity contribution in [2.75, 3.05) is 12.4 Å². The SMILES string of the molecule is CCC(C)c1ccc(NC)nc1. The highest BCUT2D eigenvalue weighted by molar-refractivity contribution is 5.35. The van der Waals surface area contributed by atoms with Crippen molar-refractivity contribution in [3.05, 3.63) is 23.9 Å². The molecule has 1 N–H and O–H groups in total. The first kappa shape index (κ1) is 9.04. The molecule has 2 heteroatoms. The van der Waals surface area contributed by atoms with Crippen LogP contribution in [0.3, 0.4) is 0 Å². The number of pyridine rings is 1. The third-order valence-electron chi connectivity index (χ3n) is 2.22. The minimum Gasteiger partial charge on any atom is -0.373 e. The Kier molecular flexibility index (Phi) is 3.09. The molecule has 0 amide bonds. The van der Waals surface area contributed by atoms with E-state index >= 15 is 0 Å². The van der Waals surface area contributed by atoms with Gasteiger partial charge in [-0.3, -0.25) is 0 Å². The maximum absolute atomic E-state index is 4.26. The zero-order valence-electron chi connectivity index (χ0n) is 7.96. The van der Waals surface area contributed by atoms with E-state index in [4.69, 9.17) is 0 Å². The highest BCUT2D eigenvalue weighted by Gasteiger charge is 2.01. The van der Waals surface area contributed by atoms with Crippen LogP contribution in [0.4, 0.5) is 5.82 Å². The zero-order valence-corrected chi connectivity index (χ0v) is 7.96. The molecule has 0 bridgehead atoms. The van der Waals surface area contributed by atoms with E-state index in [0.29, 0.717) is 5.92 Å². The molecule has 0 aliphatic carbocycles. The van der Waals surface area contributed by atoms with Crippen LogP contribution in [0.1, 0.15) is 31.7 Å². The summed E-state index contributed by atoms with van der Waals surface area (Å²) in [6, 6.07) is 4.15. The van der Waals surface area contributed by atoms with Gasteiger partial charge in [0.2, 0.25) is 0 Å². The molecule has 1 aromatic rings. The molecule has 1 atom stereocenters. The fourth-order valence-corrected chi connectivity index (χ4v) is 1.08. The molecule has 1 unspecified atom stereocenters. The van der Waals surface area contributed by atoms with Crippen LogP contribution in [0.5, 0.6) is 0 Å². The number of anilines is 1. The fourth-order valence-electron chi connectivity index (χ4n) is 1.08. The second kappa shape index (κ2) is 4.10. The molecule has 2 nitrogen and oxygen atoms in total. The Bertz CT molecular complexity index is 228. The highest BCUT2D eigenvalue weighted by atomic mass is 14.9. The number of hydrogen-bond acceptors (Lipinski definition) is 2. The second-order valence-corrected chi connectivity index (χ2v) is 3.04. The average molecular weight is 164 g/mol. The van der Waals surface area contributed by atoms with E-state index in [0.717, 1.165) is 5.82 Å². The fraction of sp³-hybridized carbons (Fsp3) is 0.500. The smallest absolute Gasteiger partial charge is 0.125 e. The van der Waals surface area contributed by atoms with Gasteiger partial charge in [0.15, 0.2) is 0 Å². The number of nitrogens with one attached hydrogen (secondary N) is 1. The molecule has 0 aliphatic rings. The summed E-state index contributed by atoms with van der Waals surface area (Å²) >= 11 is 0. The largest absolute Gasteiger partial charge is 0.373 e. The molecular formula is C10H16N2. The molecule has 1 heterocycles. The van der Waals surface area contributed by atoms with Crippen LogP contribution in [-0.2, 0) is 0 Å². The Morgan fingerprint density at radius 3 is 2.67 bits per heavy atom. The molecule has 12 heavy (non-hydrogen) atoms. The molecule has 66 valence electrons. The summed E-state index contributed by atoms with van der Waals surface area (Å²) < 4.78 is 0. The number of aromatic nitrogens is 1. The topological polar surface area (TPSA) is 24.9 Å². The molecule has 0 saturated carbocycles. The molecular weight excluding hydrogens is 148 g/mol. The van der Waals surface area contributed by atoms with E-state index < -0.39 is 0 Å². The van der Waals surface area contributed by atoms with Gasteiger partial charge in [0.1, 0.15) is 5.82 Å². The number of nitrogens with zero attached hydrogens (tertiary/aromatic N) is 1. The van der Waals surface area contributed by atoms with E-state index in [1.165, 1.54) is 12.0 Å². The summed E-state index contributed by atoms with van der Waals surface area (Å²) in [5.74, 6) is 1.55. The quantitative estimate of drug-likeness (QED) is 0.742. The predicted octanol–water partition coefficient (Wildman–Crippen LogP) is 2.64.